The van der Waals surface area contributed by atoms with Crippen LogP contribution in [0.2, 0.25) is 5.02 Å². The highest BCUT2D eigenvalue weighted by atomic mass is 35.5. The zero-order valence-electron chi connectivity index (χ0n) is 16.6. The zero-order valence-corrected chi connectivity index (χ0v) is 17.4. The Kier molecular flexibility index (Phi) is 5.87. The van der Waals surface area contributed by atoms with E-state index in [1.807, 2.05) is 0 Å². The molecule has 30 heavy (non-hydrogen) atoms. The quantitative estimate of drug-likeness (QED) is 0.647. The van der Waals surface area contributed by atoms with Crippen LogP contribution in [0.25, 0.3) is 16.9 Å². The molecule has 4 rings (SSSR count). The number of likely N-dealkylation sites (tertiary alicyclic amines) is 1. The Hall–Kier alpha value is -2.71. The first-order valence-electron chi connectivity index (χ1n) is 10.00. The number of carbonyl (C=O) groups excluding carboxylic acids is 1. The first-order chi connectivity index (χ1) is 14.5. The highest BCUT2D eigenvalue weighted by Gasteiger charge is 2.21. The summed E-state index contributed by atoms with van der Waals surface area (Å²) in [7, 11) is 0. The Bertz CT molecular complexity index is 1080. The van der Waals surface area contributed by atoms with Gasteiger partial charge in [-0.3, -0.25) is 4.79 Å². The maximum atomic E-state index is 13.5. The van der Waals surface area contributed by atoms with E-state index in [2.05, 4.69) is 27.2 Å². The summed E-state index contributed by atoms with van der Waals surface area (Å²) in [6, 6.07) is 5.56. The van der Waals surface area contributed by atoms with Crippen molar-refractivity contribution in [3.63, 3.8) is 0 Å². The van der Waals surface area contributed by atoms with Gasteiger partial charge >= 0.3 is 0 Å². The molecule has 158 valence electrons. The van der Waals surface area contributed by atoms with E-state index >= 15 is 0 Å². The second kappa shape index (κ2) is 8.57. The van der Waals surface area contributed by atoms with Gasteiger partial charge in [0.2, 0.25) is 5.88 Å². The Morgan fingerprint density at radius 2 is 2.10 bits per heavy atom. The van der Waals surface area contributed by atoms with Crippen molar-refractivity contribution in [2.24, 2.45) is 5.92 Å². The molecule has 9 heteroatoms. The number of halogens is 2. The van der Waals surface area contributed by atoms with Gasteiger partial charge in [-0.25, -0.2) is 9.37 Å². The minimum atomic E-state index is -0.542. The standard InChI is InChI=1S/C21H23ClFN5O2/c1-2-27-7-5-13(6-8-27)11-24-21(30)15-12-25-28-19(29)10-18(26-20(15)28)14-3-4-17(23)16(22)9-14/h3-4,9-10,12-13,29H,2,5-8,11H2,1H3,(H,24,30). The molecule has 0 saturated carbocycles. The van der Waals surface area contributed by atoms with Crippen molar-refractivity contribution in [2.75, 3.05) is 26.2 Å². The number of aromatic nitrogens is 3. The van der Waals surface area contributed by atoms with Crippen LogP contribution in [0.1, 0.15) is 30.1 Å². The van der Waals surface area contributed by atoms with Gasteiger partial charge in [0, 0.05) is 18.2 Å². The molecule has 0 bridgehead atoms. The Labute approximate surface area is 178 Å². The van der Waals surface area contributed by atoms with Crippen LogP contribution in [0.5, 0.6) is 5.88 Å². The molecular formula is C21H23ClFN5O2. The summed E-state index contributed by atoms with van der Waals surface area (Å²) >= 11 is 5.87. The first kappa shape index (κ1) is 20.6. The summed E-state index contributed by atoms with van der Waals surface area (Å²) in [5.41, 5.74) is 1.38. The second-order valence-electron chi connectivity index (χ2n) is 7.51. The number of nitrogens with one attached hydrogen (secondary N) is 1. The smallest absolute Gasteiger partial charge is 0.256 e. The number of rotatable bonds is 5. The van der Waals surface area contributed by atoms with E-state index in [4.69, 9.17) is 11.6 Å². The average Bonchev–Trinajstić information content (AvgIpc) is 3.19. The molecule has 1 amide bonds. The number of fused-ring (bicyclic) bond motifs is 1. The molecule has 1 aromatic carbocycles. The third kappa shape index (κ3) is 4.11. The molecule has 0 atom stereocenters. The van der Waals surface area contributed by atoms with Crippen molar-refractivity contribution in [2.45, 2.75) is 19.8 Å². The van der Waals surface area contributed by atoms with Crippen LogP contribution in [-0.2, 0) is 0 Å². The van der Waals surface area contributed by atoms with Gasteiger partial charge in [0.05, 0.1) is 16.9 Å². The lowest BCUT2D eigenvalue weighted by Crippen LogP contribution is -2.38. The first-order valence-corrected chi connectivity index (χ1v) is 10.4. The molecular weight excluding hydrogens is 409 g/mol. The van der Waals surface area contributed by atoms with Crippen molar-refractivity contribution in [3.8, 4) is 17.1 Å². The highest BCUT2D eigenvalue weighted by Crippen LogP contribution is 2.27. The van der Waals surface area contributed by atoms with Crippen LogP contribution in [0.3, 0.4) is 0 Å². The maximum Gasteiger partial charge on any atom is 0.256 e. The van der Waals surface area contributed by atoms with Crippen molar-refractivity contribution >= 4 is 23.2 Å². The van der Waals surface area contributed by atoms with E-state index in [-0.39, 0.29) is 28.0 Å². The highest BCUT2D eigenvalue weighted by molar-refractivity contribution is 6.31. The normalized spacial score (nSPS) is 15.6. The van der Waals surface area contributed by atoms with Crippen molar-refractivity contribution in [1.82, 2.24) is 24.8 Å². The largest absolute Gasteiger partial charge is 0.493 e. The number of aromatic hydroxyl groups is 1. The number of hydrogen-bond acceptors (Lipinski definition) is 5. The molecule has 1 fully saturated rings. The predicted octanol–water partition coefficient (Wildman–Crippen LogP) is 3.36. The molecule has 1 aliphatic rings. The van der Waals surface area contributed by atoms with E-state index in [1.165, 1.54) is 35.0 Å². The van der Waals surface area contributed by atoms with Gasteiger partial charge in [-0.15, -0.1) is 0 Å². The number of benzene rings is 1. The molecule has 1 aliphatic heterocycles. The van der Waals surface area contributed by atoms with Crippen molar-refractivity contribution in [3.05, 3.63) is 46.9 Å². The molecule has 0 aliphatic carbocycles. The van der Waals surface area contributed by atoms with Crippen LogP contribution >= 0.6 is 11.6 Å². The van der Waals surface area contributed by atoms with Crippen molar-refractivity contribution < 1.29 is 14.3 Å². The lowest BCUT2D eigenvalue weighted by molar-refractivity contribution is 0.0938. The molecule has 3 heterocycles. The number of amides is 1. The van der Waals surface area contributed by atoms with E-state index in [1.54, 1.807) is 0 Å². The zero-order chi connectivity index (χ0) is 21.3. The van der Waals surface area contributed by atoms with Gasteiger partial charge in [0.15, 0.2) is 5.65 Å². The average molecular weight is 432 g/mol. The fraction of sp³-hybridized carbons (Fsp3) is 0.381. The molecule has 1 saturated heterocycles. The van der Waals surface area contributed by atoms with Gasteiger partial charge in [-0.2, -0.15) is 9.61 Å². The van der Waals surface area contributed by atoms with Crippen LogP contribution in [0.4, 0.5) is 4.39 Å². The third-order valence-corrected chi connectivity index (χ3v) is 5.91. The van der Waals surface area contributed by atoms with Crippen LogP contribution in [-0.4, -0.2) is 56.7 Å². The molecule has 0 radical (unpaired) electrons. The van der Waals surface area contributed by atoms with Crippen LogP contribution < -0.4 is 5.32 Å². The van der Waals surface area contributed by atoms with Gasteiger partial charge in [0.25, 0.3) is 5.91 Å². The number of hydrogen-bond donors (Lipinski definition) is 2. The number of carbonyl (C=O) groups is 1. The topological polar surface area (TPSA) is 82.8 Å². The minimum absolute atomic E-state index is 0.0470. The fourth-order valence-corrected chi connectivity index (χ4v) is 3.93. The molecule has 2 N–H and O–H groups in total. The van der Waals surface area contributed by atoms with Gasteiger partial charge in [-0.1, -0.05) is 18.5 Å². The summed E-state index contributed by atoms with van der Waals surface area (Å²) < 4.78 is 14.7. The van der Waals surface area contributed by atoms with Crippen molar-refractivity contribution in [1.29, 1.82) is 0 Å². The van der Waals surface area contributed by atoms with E-state index in [0.717, 1.165) is 32.5 Å². The Morgan fingerprint density at radius 3 is 2.80 bits per heavy atom. The summed E-state index contributed by atoms with van der Waals surface area (Å²) in [5, 5.41) is 17.3. The molecule has 0 spiro atoms. The Balaban J connectivity index is 1.55. The van der Waals surface area contributed by atoms with E-state index < -0.39 is 5.82 Å². The Morgan fingerprint density at radius 1 is 1.33 bits per heavy atom. The summed E-state index contributed by atoms with van der Waals surface area (Å²) in [6.07, 6.45) is 3.49. The molecule has 0 unspecified atom stereocenters. The second-order valence-corrected chi connectivity index (χ2v) is 7.92. The van der Waals surface area contributed by atoms with E-state index in [0.29, 0.717) is 23.7 Å². The lowest BCUT2D eigenvalue weighted by atomic mass is 9.97. The predicted molar refractivity (Wildman–Crippen MR) is 112 cm³/mol. The SMILES string of the molecule is CCN1CCC(CNC(=O)c2cnn3c(O)cc(-c4ccc(F)c(Cl)c4)nc23)CC1. The maximum absolute atomic E-state index is 13.5. The van der Waals surface area contributed by atoms with Gasteiger partial charge in [-0.05, 0) is 56.6 Å². The number of piperidine rings is 1. The summed E-state index contributed by atoms with van der Waals surface area (Å²) in [4.78, 5) is 19.6. The number of nitrogens with zero attached hydrogens (tertiary/aromatic N) is 4. The van der Waals surface area contributed by atoms with Gasteiger partial charge in [0.1, 0.15) is 11.4 Å². The fourth-order valence-electron chi connectivity index (χ4n) is 3.75. The summed E-state index contributed by atoms with van der Waals surface area (Å²) in [6.45, 7) is 5.90. The van der Waals surface area contributed by atoms with Crippen LogP contribution in [0.15, 0.2) is 30.5 Å². The van der Waals surface area contributed by atoms with Crippen LogP contribution in [0, 0.1) is 11.7 Å². The molecule has 7 nitrogen and oxygen atoms in total. The molecule has 3 aromatic rings. The van der Waals surface area contributed by atoms with E-state index in [9.17, 15) is 14.3 Å². The minimum Gasteiger partial charge on any atom is -0.493 e. The van der Waals surface area contributed by atoms with Gasteiger partial charge < -0.3 is 15.3 Å². The summed E-state index contributed by atoms with van der Waals surface area (Å²) in [5.74, 6) is -0.567. The molecule has 2 aromatic heterocycles. The monoisotopic (exact) mass is 431 g/mol. The lowest BCUT2D eigenvalue weighted by Gasteiger charge is -2.30. The third-order valence-electron chi connectivity index (χ3n) is 5.62.